The second-order valence-corrected chi connectivity index (χ2v) is 5.34. The zero-order chi connectivity index (χ0) is 12.5. The van der Waals surface area contributed by atoms with E-state index >= 15 is 0 Å². The van der Waals surface area contributed by atoms with Crippen molar-refractivity contribution in [1.82, 2.24) is 0 Å². The lowest BCUT2D eigenvalue weighted by Gasteiger charge is -2.30. The number of rotatable bonds is 2. The van der Waals surface area contributed by atoms with Crippen LogP contribution in [-0.4, -0.2) is 10.9 Å². The van der Waals surface area contributed by atoms with E-state index in [-0.39, 0.29) is 6.04 Å². The number of hydrogen-bond donors (Lipinski definition) is 2. The maximum Gasteiger partial charge on any atom is 0.0855 e. The first-order valence-electron chi connectivity index (χ1n) is 5.36. The van der Waals surface area contributed by atoms with Gasteiger partial charge in [-0.25, -0.2) is 0 Å². The zero-order valence-electron chi connectivity index (χ0n) is 9.24. The van der Waals surface area contributed by atoms with E-state index in [0.717, 1.165) is 5.56 Å². The van der Waals surface area contributed by atoms with E-state index in [9.17, 15) is 0 Å². The molecule has 90 valence electrons. The Morgan fingerprint density at radius 3 is 2.71 bits per heavy atom. The van der Waals surface area contributed by atoms with Crippen LogP contribution in [0.4, 0.5) is 5.69 Å². The summed E-state index contributed by atoms with van der Waals surface area (Å²) >= 11 is 12.5. The Labute approximate surface area is 111 Å². The third-order valence-electron chi connectivity index (χ3n) is 2.90. The molecule has 1 aromatic carbocycles. The molecule has 0 saturated carbocycles. The Morgan fingerprint density at radius 2 is 2.06 bits per heavy atom. The summed E-state index contributed by atoms with van der Waals surface area (Å²) in [7, 11) is 0. The fraction of sp³-hybridized carbons (Fsp3) is 0.231. The first kappa shape index (κ1) is 12.5. The number of benzene rings is 1. The van der Waals surface area contributed by atoms with Crippen molar-refractivity contribution in [3.63, 3.8) is 0 Å². The smallest absolute Gasteiger partial charge is 0.0855 e. The lowest BCUT2D eigenvalue weighted by atomic mass is 9.88. The molecular weight excluding hydrogens is 255 g/mol. The van der Waals surface area contributed by atoms with Gasteiger partial charge < -0.3 is 11.5 Å². The van der Waals surface area contributed by atoms with Crippen LogP contribution in [0.1, 0.15) is 5.56 Å². The molecule has 0 amide bonds. The van der Waals surface area contributed by atoms with Gasteiger partial charge in [0, 0.05) is 6.04 Å². The Kier molecular flexibility index (Phi) is 3.48. The Bertz CT molecular complexity index is 482. The van der Waals surface area contributed by atoms with E-state index in [1.807, 2.05) is 36.4 Å². The summed E-state index contributed by atoms with van der Waals surface area (Å²) in [4.78, 5) is -0.589. The normalized spacial score (nSPS) is 27.4. The van der Waals surface area contributed by atoms with Crippen molar-refractivity contribution in [2.75, 3.05) is 5.73 Å². The van der Waals surface area contributed by atoms with E-state index in [0.29, 0.717) is 17.1 Å². The van der Waals surface area contributed by atoms with Gasteiger partial charge in [0.15, 0.2) is 0 Å². The summed E-state index contributed by atoms with van der Waals surface area (Å²) in [6.07, 6.45) is 8.25. The maximum absolute atomic E-state index is 6.51. The van der Waals surface area contributed by atoms with Crippen LogP contribution in [0.25, 0.3) is 0 Å². The van der Waals surface area contributed by atoms with Crippen LogP contribution < -0.4 is 11.5 Å². The van der Waals surface area contributed by atoms with Crippen molar-refractivity contribution in [3.05, 3.63) is 53.1 Å². The second-order valence-electron chi connectivity index (χ2n) is 4.23. The SMILES string of the molecule is Nc1ccc(CC2(Cl)C=CC=CC2N)cc1Cl. The van der Waals surface area contributed by atoms with Gasteiger partial charge in [-0.15, -0.1) is 11.6 Å². The molecule has 4 heteroatoms. The van der Waals surface area contributed by atoms with Crippen molar-refractivity contribution in [2.45, 2.75) is 17.3 Å². The minimum atomic E-state index is -0.589. The van der Waals surface area contributed by atoms with Crippen LogP contribution in [0.15, 0.2) is 42.5 Å². The average Bonchev–Trinajstić information content (AvgIpc) is 2.28. The molecule has 2 nitrogen and oxygen atoms in total. The van der Waals surface area contributed by atoms with Crippen LogP contribution in [0.2, 0.25) is 5.02 Å². The molecular formula is C13H14Cl2N2. The number of alkyl halides is 1. The number of halogens is 2. The predicted molar refractivity (Wildman–Crippen MR) is 74.4 cm³/mol. The highest BCUT2D eigenvalue weighted by Gasteiger charge is 2.31. The first-order chi connectivity index (χ1) is 8.01. The van der Waals surface area contributed by atoms with E-state index < -0.39 is 4.87 Å². The Hall–Kier alpha value is -0.960. The third kappa shape index (κ3) is 2.65. The number of nitrogen functional groups attached to an aromatic ring is 1. The van der Waals surface area contributed by atoms with Crippen molar-refractivity contribution in [1.29, 1.82) is 0 Å². The molecule has 1 aromatic rings. The summed E-state index contributed by atoms with van der Waals surface area (Å²) in [5, 5.41) is 0.548. The molecule has 0 fully saturated rings. The van der Waals surface area contributed by atoms with E-state index in [1.165, 1.54) is 0 Å². The van der Waals surface area contributed by atoms with Gasteiger partial charge in [0.05, 0.1) is 15.6 Å². The minimum Gasteiger partial charge on any atom is -0.398 e. The zero-order valence-corrected chi connectivity index (χ0v) is 10.7. The topological polar surface area (TPSA) is 52.0 Å². The van der Waals surface area contributed by atoms with Gasteiger partial charge in [-0.1, -0.05) is 42.0 Å². The van der Waals surface area contributed by atoms with Crippen LogP contribution in [-0.2, 0) is 6.42 Å². The Morgan fingerprint density at radius 1 is 1.29 bits per heavy atom. The molecule has 2 atom stereocenters. The summed E-state index contributed by atoms with van der Waals surface area (Å²) < 4.78 is 0. The van der Waals surface area contributed by atoms with Gasteiger partial charge in [-0.05, 0) is 24.1 Å². The maximum atomic E-state index is 6.51. The van der Waals surface area contributed by atoms with E-state index in [2.05, 4.69) is 0 Å². The molecule has 1 aliphatic carbocycles. The molecule has 0 bridgehead atoms. The molecule has 0 aliphatic heterocycles. The fourth-order valence-corrected chi connectivity index (χ4v) is 2.34. The van der Waals surface area contributed by atoms with Gasteiger partial charge in [0.25, 0.3) is 0 Å². The van der Waals surface area contributed by atoms with Crippen molar-refractivity contribution in [2.24, 2.45) is 5.73 Å². The second kappa shape index (κ2) is 4.73. The van der Waals surface area contributed by atoms with Gasteiger partial charge in [-0.3, -0.25) is 0 Å². The molecule has 17 heavy (non-hydrogen) atoms. The number of hydrogen-bond acceptors (Lipinski definition) is 2. The van der Waals surface area contributed by atoms with Gasteiger partial charge >= 0.3 is 0 Å². The minimum absolute atomic E-state index is 0.203. The molecule has 2 unspecified atom stereocenters. The first-order valence-corrected chi connectivity index (χ1v) is 6.11. The summed E-state index contributed by atoms with van der Waals surface area (Å²) in [6, 6.07) is 5.33. The highest BCUT2D eigenvalue weighted by molar-refractivity contribution is 6.33. The van der Waals surface area contributed by atoms with Crippen LogP contribution in [0.5, 0.6) is 0 Å². The molecule has 4 N–H and O–H groups in total. The van der Waals surface area contributed by atoms with Gasteiger partial charge in [0.2, 0.25) is 0 Å². The highest BCUT2D eigenvalue weighted by atomic mass is 35.5. The van der Waals surface area contributed by atoms with Crippen LogP contribution in [0.3, 0.4) is 0 Å². The number of allylic oxidation sites excluding steroid dienone is 2. The molecule has 0 saturated heterocycles. The summed E-state index contributed by atoms with van der Waals surface area (Å²) in [5.41, 5.74) is 13.3. The quantitative estimate of drug-likeness (QED) is 0.640. The summed E-state index contributed by atoms with van der Waals surface area (Å²) in [5.74, 6) is 0. The Balaban J connectivity index is 2.23. The van der Waals surface area contributed by atoms with Gasteiger partial charge in [-0.2, -0.15) is 0 Å². The molecule has 0 aromatic heterocycles. The molecule has 0 spiro atoms. The van der Waals surface area contributed by atoms with E-state index in [1.54, 1.807) is 6.07 Å². The summed E-state index contributed by atoms with van der Waals surface area (Å²) in [6.45, 7) is 0. The fourth-order valence-electron chi connectivity index (χ4n) is 1.84. The van der Waals surface area contributed by atoms with Crippen molar-refractivity contribution < 1.29 is 0 Å². The molecule has 2 rings (SSSR count). The number of anilines is 1. The van der Waals surface area contributed by atoms with Crippen molar-refractivity contribution >= 4 is 28.9 Å². The third-order valence-corrected chi connectivity index (χ3v) is 3.74. The molecule has 0 heterocycles. The largest absolute Gasteiger partial charge is 0.398 e. The average molecular weight is 269 g/mol. The standard InChI is InChI=1S/C13H14Cl2N2/c14-10-7-9(4-5-11(10)16)8-13(15)6-2-1-3-12(13)17/h1-7,12H,8,16-17H2. The lowest BCUT2D eigenvalue weighted by molar-refractivity contribution is 0.606. The van der Waals surface area contributed by atoms with Gasteiger partial charge in [0.1, 0.15) is 0 Å². The highest BCUT2D eigenvalue weighted by Crippen LogP contribution is 2.31. The molecule has 1 aliphatic rings. The monoisotopic (exact) mass is 268 g/mol. The number of nitrogens with two attached hydrogens (primary N) is 2. The van der Waals surface area contributed by atoms with Crippen molar-refractivity contribution in [3.8, 4) is 0 Å². The molecule has 0 radical (unpaired) electrons. The van der Waals surface area contributed by atoms with Crippen LogP contribution in [0, 0.1) is 0 Å². The van der Waals surface area contributed by atoms with Crippen LogP contribution >= 0.6 is 23.2 Å². The lowest BCUT2D eigenvalue weighted by Crippen LogP contribution is -2.43. The van der Waals surface area contributed by atoms with E-state index in [4.69, 9.17) is 34.7 Å². The predicted octanol–water partition coefficient (Wildman–Crippen LogP) is 2.90.